The molecule has 0 saturated carbocycles. The molecule has 1 aliphatic rings. The predicted molar refractivity (Wildman–Crippen MR) is 110 cm³/mol. The predicted octanol–water partition coefficient (Wildman–Crippen LogP) is 2.68. The van der Waals surface area contributed by atoms with Gasteiger partial charge in [-0.05, 0) is 61.5 Å². The second-order valence-electron chi connectivity index (χ2n) is 6.33. The Balaban J connectivity index is 1.59. The first kappa shape index (κ1) is 19.6. The second-order valence-corrected chi connectivity index (χ2v) is 6.74. The third-order valence-electron chi connectivity index (χ3n) is 4.05. The smallest absolute Gasteiger partial charge is 0.263 e. The molecule has 0 aliphatic carbocycles. The van der Waals surface area contributed by atoms with Crippen molar-refractivity contribution in [1.82, 2.24) is 10.6 Å². The van der Waals surface area contributed by atoms with E-state index in [-0.39, 0.29) is 10.7 Å². The highest BCUT2D eigenvalue weighted by atomic mass is 32.1. The maximum absolute atomic E-state index is 11.9. The molecule has 6 nitrogen and oxygen atoms in total. The molecule has 1 aliphatic heterocycles. The summed E-state index contributed by atoms with van der Waals surface area (Å²) in [5.74, 6) is 0.398. The van der Waals surface area contributed by atoms with E-state index in [1.807, 2.05) is 26.0 Å². The molecule has 2 amide bonds. The second kappa shape index (κ2) is 8.67. The minimum Gasteiger partial charge on any atom is -0.490 e. The molecular formula is C21H20N2O4S. The fraction of sp³-hybridized carbons (Fsp3) is 0.190. The Kier molecular flexibility index (Phi) is 6.06. The summed E-state index contributed by atoms with van der Waals surface area (Å²) in [5, 5.41) is 4.82. The van der Waals surface area contributed by atoms with Crippen molar-refractivity contribution in [3.05, 3.63) is 64.7 Å². The number of thiocarbonyl (C=S) groups is 1. The molecule has 2 aromatic rings. The first-order valence-electron chi connectivity index (χ1n) is 8.73. The highest BCUT2D eigenvalue weighted by Gasteiger charge is 2.25. The van der Waals surface area contributed by atoms with E-state index in [0.717, 1.165) is 11.3 Å². The summed E-state index contributed by atoms with van der Waals surface area (Å²) in [4.78, 5) is 23.8. The van der Waals surface area contributed by atoms with Crippen LogP contribution in [0.2, 0.25) is 0 Å². The first-order chi connectivity index (χ1) is 13.4. The minimum atomic E-state index is -0.526. The van der Waals surface area contributed by atoms with Crippen molar-refractivity contribution in [2.24, 2.45) is 0 Å². The monoisotopic (exact) mass is 396 g/mol. The maximum atomic E-state index is 11.9. The molecule has 0 atom stereocenters. The Morgan fingerprint density at radius 3 is 2.39 bits per heavy atom. The van der Waals surface area contributed by atoms with Gasteiger partial charge in [0.1, 0.15) is 30.3 Å². The zero-order valence-electron chi connectivity index (χ0n) is 15.6. The SMILES string of the molecule is Cc1ccc(OCCOc2cccc(C=C3C(=O)NC(=S)NC3=O)c2)c(C)c1. The Labute approximate surface area is 168 Å². The summed E-state index contributed by atoms with van der Waals surface area (Å²) in [6, 6.07) is 13.1. The zero-order valence-corrected chi connectivity index (χ0v) is 16.4. The van der Waals surface area contributed by atoms with Gasteiger partial charge in [-0.1, -0.05) is 29.8 Å². The number of hydrogen-bond acceptors (Lipinski definition) is 5. The molecule has 3 rings (SSSR count). The van der Waals surface area contributed by atoms with E-state index in [2.05, 4.69) is 16.7 Å². The molecule has 0 radical (unpaired) electrons. The van der Waals surface area contributed by atoms with Crippen LogP contribution in [0.1, 0.15) is 16.7 Å². The summed E-state index contributed by atoms with van der Waals surface area (Å²) >= 11 is 4.78. The summed E-state index contributed by atoms with van der Waals surface area (Å²) in [6.45, 7) is 4.81. The largest absolute Gasteiger partial charge is 0.490 e. The van der Waals surface area contributed by atoms with E-state index in [1.54, 1.807) is 24.3 Å². The van der Waals surface area contributed by atoms with E-state index >= 15 is 0 Å². The summed E-state index contributed by atoms with van der Waals surface area (Å²) in [6.07, 6.45) is 1.49. The molecular weight excluding hydrogens is 376 g/mol. The van der Waals surface area contributed by atoms with Crippen LogP contribution in [0.4, 0.5) is 0 Å². The lowest BCUT2D eigenvalue weighted by Crippen LogP contribution is -2.51. The summed E-state index contributed by atoms with van der Waals surface area (Å²) in [7, 11) is 0. The van der Waals surface area contributed by atoms with Crippen LogP contribution >= 0.6 is 12.2 Å². The molecule has 1 fully saturated rings. The van der Waals surface area contributed by atoms with Crippen LogP contribution in [0.5, 0.6) is 11.5 Å². The number of carbonyl (C=O) groups excluding carboxylic acids is 2. The van der Waals surface area contributed by atoms with E-state index < -0.39 is 11.8 Å². The van der Waals surface area contributed by atoms with Crippen molar-refractivity contribution < 1.29 is 19.1 Å². The van der Waals surface area contributed by atoms with Gasteiger partial charge in [-0.2, -0.15) is 0 Å². The fourth-order valence-electron chi connectivity index (χ4n) is 2.74. The number of benzene rings is 2. The fourth-order valence-corrected chi connectivity index (χ4v) is 2.92. The number of amides is 2. The van der Waals surface area contributed by atoms with Crippen LogP contribution in [0, 0.1) is 13.8 Å². The van der Waals surface area contributed by atoms with Crippen molar-refractivity contribution in [1.29, 1.82) is 0 Å². The van der Waals surface area contributed by atoms with E-state index in [4.69, 9.17) is 21.7 Å². The van der Waals surface area contributed by atoms with Crippen molar-refractivity contribution in [2.75, 3.05) is 13.2 Å². The molecule has 7 heteroatoms. The van der Waals surface area contributed by atoms with Gasteiger partial charge in [0.05, 0.1) is 0 Å². The number of aryl methyl sites for hydroxylation is 2. The topological polar surface area (TPSA) is 76.7 Å². The van der Waals surface area contributed by atoms with Crippen LogP contribution in [-0.4, -0.2) is 30.1 Å². The average molecular weight is 396 g/mol. The van der Waals surface area contributed by atoms with Crippen LogP contribution in [0.15, 0.2) is 48.0 Å². The van der Waals surface area contributed by atoms with Crippen molar-refractivity contribution >= 4 is 35.2 Å². The molecule has 2 N–H and O–H groups in total. The Hall–Kier alpha value is -3.19. The third kappa shape index (κ3) is 4.95. The lowest BCUT2D eigenvalue weighted by Gasteiger charge is -2.16. The number of carbonyl (C=O) groups is 2. The number of hydrogen-bond donors (Lipinski definition) is 2. The molecule has 0 bridgehead atoms. The van der Waals surface area contributed by atoms with Gasteiger partial charge in [-0.25, -0.2) is 0 Å². The average Bonchev–Trinajstić information content (AvgIpc) is 2.63. The lowest BCUT2D eigenvalue weighted by molar-refractivity contribution is -0.123. The van der Waals surface area contributed by atoms with Gasteiger partial charge in [0.15, 0.2) is 5.11 Å². The van der Waals surface area contributed by atoms with Crippen LogP contribution in [-0.2, 0) is 9.59 Å². The number of rotatable bonds is 6. The molecule has 2 aromatic carbocycles. The number of ether oxygens (including phenoxy) is 2. The normalized spacial score (nSPS) is 13.6. The van der Waals surface area contributed by atoms with E-state index in [1.165, 1.54) is 11.6 Å². The van der Waals surface area contributed by atoms with Crippen molar-refractivity contribution in [3.8, 4) is 11.5 Å². The van der Waals surface area contributed by atoms with Gasteiger partial charge in [-0.15, -0.1) is 0 Å². The van der Waals surface area contributed by atoms with Crippen LogP contribution in [0.25, 0.3) is 6.08 Å². The van der Waals surface area contributed by atoms with Gasteiger partial charge in [0, 0.05) is 0 Å². The Bertz CT molecular complexity index is 947. The third-order valence-corrected chi connectivity index (χ3v) is 4.26. The molecule has 0 spiro atoms. The molecule has 144 valence electrons. The van der Waals surface area contributed by atoms with Crippen LogP contribution in [0.3, 0.4) is 0 Å². The maximum Gasteiger partial charge on any atom is 0.263 e. The lowest BCUT2D eigenvalue weighted by atomic mass is 10.1. The van der Waals surface area contributed by atoms with Gasteiger partial charge < -0.3 is 9.47 Å². The van der Waals surface area contributed by atoms with Crippen molar-refractivity contribution in [3.63, 3.8) is 0 Å². The van der Waals surface area contributed by atoms with Gasteiger partial charge in [0.2, 0.25) is 0 Å². The first-order valence-corrected chi connectivity index (χ1v) is 9.14. The molecule has 1 heterocycles. The Morgan fingerprint density at radius 2 is 1.68 bits per heavy atom. The van der Waals surface area contributed by atoms with Gasteiger partial charge >= 0.3 is 0 Å². The standard InChI is InChI=1S/C21H20N2O4S/c1-13-6-7-18(14(2)10-13)27-9-8-26-16-5-3-4-15(11-16)12-17-19(24)22-21(28)23-20(17)25/h3-7,10-12H,8-9H2,1-2H3,(H2,22,23,24,25,28). The molecule has 0 aromatic heterocycles. The number of nitrogens with one attached hydrogen (secondary N) is 2. The molecule has 0 unspecified atom stereocenters. The van der Waals surface area contributed by atoms with E-state index in [0.29, 0.717) is 24.5 Å². The quantitative estimate of drug-likeness (QED) is 0.340. The highest BCUT2D eigenvalue weighted by Crippen LogP contribution is 2.19. The van der Waals surface area contributed by atoms with Gasteiger partial charge in [0.25, 0.3) is 11.8 Å². The summed E-state index contributed by atoms with van der Waals surface area (Å²) < 4.78 is 11.5. The molecule has 1 saturated heterocycles. The zero-order chi connectivity index (χ0) is 20.1. The van der Waals surface area contributed by atoms with E-state index in [9.17, 15) is 9.59 Å². The van der Waals surface area contributed by atoms with Crippen LogP contribution < -0.4 is 20.1 Å². The highest BCUT2D eigenvalue weighted by molar-refractivity contribution is 7.80. The van der Waals surface area contributed by atoms with Gasteiger partial charge in [-0.3, -0.25) is 20.2 Å². The van der Waals surface area contributed by atoms with Crippen molar-refractivity contribution in [2.45, 2.75) is 13.8 Å². The minimum absolute atomic E-state index is 0.00745. The molecule has 28 heavy (non-hydrogen) atoms. The summed E-state index contributed by atoms with van der Waals surface area (Å²) in [5.41, 5.74) is 2.93. The Morgan fingerprint density at radius 1 is 0.964 bits per heavy atom.